The fourth-order valence-corrected chi connectivity index (χ4v) is 6.48. The van der Waals surface area contributed by atoms with Crippen molar-refractivity contribution in [1.29, 1.82) is 0 Å². The normalized spacial score (nSPS) is 37.1. The zero-order valence-electron chi connectivity index (χ0n) is 11.3. The molecule has 3 aliphatic carbocycles. The molecule has 114 valence electrons. The Bertz CT molecular complexity index is 637. The van der Waals surface area contributed by atoms with Gasteiger partial charge in [0.15, 0.2) is 23.3 Å². The zero-order valence-corrected chi connectivity index (χ0v) is 12.8. The van der Waals surface area contributed by atoms with Crippen molar-refractivity contribution in [2.24, 2.45) is 10.8 Å². The van der Waals surface area contributed by atoms with Crippen molar-refractivity contribution in [3.63, 3.8) is 0 Å². The highest BCUT2D eigenvalue weighted by molar-refractivity contribution is 6.52. The summed E-state index contributed by atoms with van der Waals surface area (Å²) in [6.07, 6.45) is 1.12. The Kier molecular flexibility index (Phi) is 2.38. The molecule has 3 aliphatic rings. The number of fused-ring (bicyclic) bond motifs is 3. The molecule has 0 saturated heterocycles. The van der Waals surface area contributed by atoms with E-state index in [9.17, 15) is 17.6 Å². The maximum absolute atomic E-state index is 14.2. The minimum Gasteiger partial charge on any atom is -0.203 e. The molecule has 0 heterocycles. The monoisotopic (exact) mass is 338 g/mol. The molecule has 0 aliphatic heterocycles. The van der Waals surface area contributed by atoms with E-state index in [1.165, 1.54) is 0 Å². The molecule has 0 unspecified atom stereocenters. The molecular formula is C15H12Cl2F4. The van der Waals surface area contributed by atoms with Crippen molar-refractivity contribution >= 4 is 23.2 Å². The lowest BCUT2D eigenvalue weighted by atomic mass is 9.84. The smallest absolute Gasteiger partial charge is 0.197 e. The van der Waals surface area contributed by atoms with Crippen LogP contribution >= 0.6 is 23.2 Å². The minimum absolute atomic E-state index is 0.0566. The lowest BCUT2D eigenvalue weighted by molar-refractivity contribution is 0.341. The van der Waals surface area contributed by atoms with Gasteiger partial charge in [-0.15, -0.1) is 23.2 Å². The summed E-state index contributed by atoms with van der Waals surface area (Å²) in [6.45, 7) is 3.68. The van der Waals surface area contributed by atoms with Crippen LogP contribution in [0.2, 0.25) is 0 Å². The van der Waals surface area contributed by atoms with Gasteiger partial charge in [-0.05, 0) is 24.7 Å². The van der Waals surface area contributed by atoms with Gasteiger partial charge in [0, 0.05) is 22.0 Å². The third-order valence-corrected chi connectivity index (χ3v) is 7.73. The summed E-state index contributed by atoms with van der Waals surface area (Å²) in [5.41, 5.74) is -1.43. The summed E-state index contributed by atoms with van der Waals surface area (Å²) < 4.78 is 54.4. The summed E-state index contributed by atoms with van der Waals surface area (Å²) in [6, 6.07) is 0. The van der Waals surface area contributed by atoms with E-state index in [0.717, 1.165) is 0 Å². The van der Waals surface area contributed by atoms with E-state index in [1.807, 2.05) is 13.8 Å². The van der Waals surface area contributed by atoms with E-state index in [4.69, 9.17) is 23.2 Å². The van der Waals surface area contributed by atoms with Crippen molar-refractivity contribution < 1.29 is 17.6 Å². The Hall–Kier alpha value is -0.480. The average Bonchev–Trinajstić information content (AvgIpc) is 2.83. The number of halogens is 6. The molecule has 21 heavy (non-hydrogen) atoms. The lowest BCUT2D eigenvalue weighted by Gasteiger charge is -2.19. The average molecular weight is 339 g/mol. The number of rotatable bonds is 0. The molecule has 2 saturated carbocycles. The second kappa shape index (κ2) is 3.53. The van der Waals surface area contributed by atoms with Gasteiger partial charge in [-0.1, -0.05) is 13.8 Å². The van der Waals surface area contributed by atoms with Crippen molar-refractivity contribution in [1.82, 2.24) is 0 Å². The van der Waals surface area contributed by atoms with Crippen molar-refractivity contribution in [2.75, 3.05) is 0 Å². The summed E-state index contributed by atoms with van der Waals surface area (Å²) in [5.74, 6) is -7.01. The fourth-order valence-electron chi connectivity index (χ4n) is 5.26. The molecule has 1 spiro atoms. The molecule has 2 atom stereocenters. The molecule has 2 fully saturated rings. The SMILES string of the molecule is CC1(C)C(Cl)(Cl)C12[C@@H]1CC[C@@H]2c2c(F)c(F)c(F)c(F)c21. The molecule has 0 N–H and O–H groups in total. The Morgan fingerprint density at radius 2 is 1.14 bits per heavy atom. The standard InChI is InChI=1S/C15H12Cl2F4/c1-13(2)14(15(13,16)17)5-3-4-6(14)8-7(5)9(18)11(20)12(21)10(8)19/h5-6H,3-4H2,1-2H3/t5-,6-/m1/s1. The minimum atomic E-state index is -1.75. The first-order valence-electron chi connectivity index (χ1n) is 6.86. The maximum Gasteiger partial charge on any atom is 0.197 e. The molecule has 1 aromatic rings. The topological polar surface area (TPSA) is 0 Å². The van der Waals surface area contributed by atoms with Gasteiger partial charge in [0.05, 0.1) is 0 Å². The molecule has 0 nitrogen and oxygen atoms in total. The summed E-state index contributed by atoms with van der Waals surface area (Å²) in [7, 11) is 0. The Morgan fingerprint density at radius 3 is 1.43 bits per heavy atom. The van der Waals surface area contributed by atoms with Crippen molar-refractivity contribution in [2.45, 2.75) is 42.9 Å². The van der Waals surface area contributed by atoms with Gasteiger partial charge in [-0.25, -0.2) is 17.6 Å². The second-order valence-corrected chi connectivity index (χ2v) is 8.16. The van der Waals surface area contributed by atoms with Crippen LogP contribution < -0.4 is 0 Å². The van der Waals surface area contributed by atoms with Crippen LogP contribution in [-0.4, -0.2) is 4.33 Å². The maximum atomic E-state index is 14.2. The van der Waals surface area contributed by atoms with Gasteiger partial charge in [0.1, 0.15) is 4.33 Å². The van der Waals surface area contributed by atoms with E-state index >= 15 is 0 Å². The first-order valence-corrected chi connectivity index (χ1v) is 7.61. The summed E-state index contributed by atoms with van der Waals surface area (Å²) >= 11 is 12.9. The van der Waals surface area contributed by atoms with Crippen LogP contribution in [0, 0.1) is 34.1 Å². The van der Waals surface area contributed by atoms with Crippen LogP contribution in [-0.2, 0) is 0 Å². The first-order chi connectivity index (χ1) is 9.62. The molecular weight excluding hydrogens is 327 g/mol. The van der Waals surface area contributed by atoms with Gasteiger partial charge in [0.25, 0.3) is 0 Å². The number of alkyl halides is 2. The van der Waals surface area contributed by atoms with Crippen molar-refractivity contribution in [3.8, 4) is 0 Å². The molecule has 0 radical (unpaired) electrons. The molecule has 1 aromatic carbocycles. The highest BCUT2D eigenvalue weighted by Gasteiger charge is 2.90. The predicted molar refractivity (Wildman–Crippen MR) is 71.6 cm³/mol. The molecule has 0 amide bonds. The van der Waals surface area contributed by atoms with Gasteiger partial charge >= 0.3 is 0 Å². The first kappa shape index (κ1) is 14.1. The molecule has 6 heteroatoms. The highest BCUT2D eigenvalue weighted by atomic mass is 35.5. The largest absolute Gasteiger partial charge is 0.203 e. The van der Waals surface area contributed by atoms with Crippen molar-refractivity contribution in [3.05, 3.63) is 34.4 Å². The van der Waals surface area contributed by atoms with E-state index in [2.05, 4.69) is 0 Å². The van der Waals surface area contributed by atoms with Gasteiger partial charge < -0.3 is 0 Å². The number of benzene rings is 1. The van der Waals surface area contributed by atoms with Crippen LogP contribution in [0.5, 0.6) is 0 Å². The van der Waals surface area contributed by atoms with E-state index < -0.39 is 50.3 Å². The van der Waals surface area contributed by atoms with Gasteiger partial charge in [0.2, 0.25) is 0 Å². The Labute approximate surface area is 129 Å². The summed E-state index contributed by atoms with van der Waals surface area (Å²) in [5, 5.41) is 0. The third-order valence-electron chi connectivity index (χ3n) is 6.16. The van der Waals surface area contributed by atoms with Crippen LogP contribution in [0.1, 0.15) is 49.7 Å². The molecule has 0 aromatic heterocycles. The zero-order chi connectivity index (χ0) is 15.5. The quantitative estimate of drug-likeness (QED) is 0.256. The van der Waals surface area contributed by atoms with Gasteiger partial charge in [-0.2, -0.15) is 0 Å². The highest BCUT2D eigenvalue weighted by Crippen LogP contribution is 2.92. The second-order valence-electron chi connectivity index (χ2n) is 6.83. The lowest BCUT2D eigenvalue weighted by Crippen LogP contribution is -2.15. The van der Waals surface area contributed by atoms with E-state index in [-0.39, 0.29) is 11.1 Å². The predicted octanol–water partition coefficient (Wildman–Crippen LogP) is 5.42. The van der Waals surface area contributed by atoms with Crippen LogP contribution in [0.4, 0.5) is 17.6 Å². The molecule has 4 rings (SSSR count). The van der Waals surface area contributed by atoms with E-state index in [0.29, 0.717) is 12.8 Å². The number of hydrogen-bond acceptors (Lipinski definition) is 0. The van der Waals surface area contributed by atoms with Crippen LogP contribution in [0.3, 0.4) is 0 Å². The Balaban J connectivity index is 2.04. The van der Waals surface area contributed by atoms with Crippen LogP contribution in [0.15, 0.2) is 0 Å². The van der Waals surface area contributed by atoms with E-state index in [1.54, 1.807) is 0 Å². The summed E-state index contributed by atoms with van der Waals surface area (Å²) in [4.78, 5) is 0. The van der Waals surface area contributed by atoms with Crippen LogP contribution in [0.25, 0.3) is 0 Å². The van der Waals surface area contributed by atoms with Gasteiger partial charge in [-0.3, -0.25) is 0 Å². The fraction of sp³-hybridized carbons (Fsp3) is 0.600. The number of hydrogen-bond donors (Lipinski definition) is 0. The third kappa shape index (κ3) is 1.11. The Morgan fingerprint density at radius 1 is 0.810 bits per heavy atom. The molecule has 2 bridgehead atoms.